The molecule has 2 aromatic heterocycles. The van der Waals surface area contributed by atoms with Gasteiger partial charge >= 0.3 is 0 Å². The minimum Gasteiger partial charge on any atom is -0.289 e. The maximum Gasteiger partial charge on any atom is 0.263 e. The highest BCUT2D eigenvalue weighted by atomic mass is 16.1. The van der Waals surface area contributed by atoms with Gasteiger partial charge in [-0.2, -0.15) is 0 Å². The molecule has 0 N–H and O–H groups in total. The fourth-order valence-corrected chi connectivity index (χ4v) is 2.47. The molecule has 2 heterocycles. The molecule has 0 aliphatic carbocycles. The molecule has 0 spiro atoms. The van der Waals surface area contributed by atoms with Crippen LogP contribution in [0.25, 0.3) is 11.0 Å². The highest BCUT2D eigenvalue weighted by Gasteiger charge is 2.15. The van der Waals surface area contributed by atoms with Crippen LogP contribution < -0.4 is 5.56 Å². The predicted octanol–water partition coefficient (Wildman–Crippen LogP) is 2.71. The van der Waals surface area contributed by atoms with Crippen LogP contribution in [0.4, 0.5) is 0 Å². The third-order valence-electron chi connectivity index (χ3n) is 3.52. The highest BCUT2D eigenvalue weighted by Crippen LogP contribution is 2.17. The van der Waals surface area contributed by atoms with Crippen LogP contribution in [-0.4, -0.2) is 14.5 Å². The molecule has 0 saturated heterocycles. The minimum absolute atomic E-state index is 0.0445. The van der Waals surface area contributed by atoms with E-state index in [0.29, 0.717) is 16.9 Å². The number of rotatable bonds is 2. The lowest BCUT2D eigenvalue weighted by atomic mass is 10.1. The summed E-state index contributed by atoms with van der Waals surface area (Å²) >= 11 is 0. The van der Waals surface area contributed by atoms with Gasteiger partial charge in [0.2, 0.25) is 0 Å². The molecular weight excluding hydrogens is 250 g/mol. The minimum atomic E-state index is -0.0548. The molecule has 0 aliphatic rings. The van der Waals surface area contributed by atoms with Crippen molar-refractivity contribution in [2.24, 2.45) is 0 Å². The Morgan fingerprint density at radius 2 is 1.85 bits per heavy atom. The van der Waals surface area contributed by atoms with Gasteiger partial charge in [-0.15, -0.1) is 0 Å². The van der Waals surface area contributed by atoms with Crippen molar-refractivity contribution in [3.63, 3.8) is 0 Å². The van der Waals surface area contributed by atoms with E-state index in [1.807, 2.05) is 44.2 Å². The summed E-state index contributed by atoms with van der Waals surface area (Å²) in [5.74, 6) is 0.678. The number of hydrogen-bond donors (Lipinski definition) is 0. The Morgan fingerprint density at radius 1 is 1.10 bits per heavy atom. The van der Waals surface area contributed by atoms with Gasteiger partial charge in [-0.05, 0) is 31.5 Å². The topological polar surface area (TPSA) is 47.8 Å². The van der Waals surface area contributed by atoms with Crippen LogP contribution in [0.1, 0.15) is 24.4 Å². The van der Waals surface area contributed by atoms with Gasteiger partial charge in [0.25, 0.3) is 5.56 Å². The first kappa shape index (κ1) is 12.5. The van der Waals surface area contributed by atoms with Crippen molar-refractivity contribution in [2.45, 2.75) is 19.9 Å². The van der Waals surface area contributed by atoms with Crippen LogP contribution in [0.3, 0.4) is 0 Å². The molecule has 0 saturated carbocycles. The second kappa shape index (κ2) is 4.89. The Labute approximate surface area is 116 Å². The molecule has 1 unspecified atom stereocenters. The van der Waals surface area contributed by atoms with Crippen molar-refractivity contribution in [1.29, 1.82) is 0 Å². The van der Waals surface area contributed by atoms with E-state index in [0.717, 1.165) is 5.56 Å². The normalized spacial score (nSPS) is 12.5. The van der Waals surface area contributed by atoms with Gasteiger partial charge < -0.3 is 0 Å². The maximum atomic E-state index is 12.6. The van der Waals surface area contributed by atoms with Gasteiger partial charge in [0.1, 0.15) is 5.82 Å². The molecule has 100 valence electrons. The van der Waals surface area contributed by atoms with E-state index in [1.54, 1.807) is 22.9 Å². The standard InChI is InChI=1S/C16H15N3O/c1-11(13-7-4-3-5-8-13)19-12(2)18-15-14(16(19)20)9-6-10-17-15/h3-11H,1-2H3. The maximum absolute atomic E-state index is 12.6. The van der Waals surface area contributed by atoms with Gasteiger partial charge in [0.15, 0.2) is 5.65 Å². The summed E-state index contributed by atoms with van der Waals surface area (Å²) in [5.41, 5.74) is 1.55. The summed E-state index contributed by atoms with van der Waals surface area (Å²) in [6.45, 7) is 3.85. The zero-order valence-corrected chi connectivity index (χ0v) is 11.4. The van der Waals surface area contributed by atoms with Gasteiger partial charge in [-0.25, -0.2) is 9.97 Å². The monoisotopic (exact) mass is 265 g/mol. The molecule has 0 amide bonds. The van der Waals surface area contributed by atoms with E-state index in [1.165, 1.54) is 0 Å². The molecule has 3 rings (SSSR count). The second-order valence-corrected chi connectivity index (χ2v) is 4.80. The first-order valence-corrected chi connectivity index (χ1v) is 6.57. The Morgan fingerprint density at radius 3 is 2.60 bits per heavy atom. The van der Waals surface area contributed by atoms with Crippen molar-refractivity contribution in [3.8, 4) is 0 Å². The average Bonchev–Trinajstić information content (AvgIpc) is 2.48. The van der Waals surface area contributed by atoms with Crippen LogP contribution in [-0.2, 0) is 0 Å². The quantitative estimate of drug-likeness (QED) is 0.715. The van der Waals surface area contributed by atoms with E-state index < -0.39 is 0 Å². The van der Waals surface area contributed by atoms with Gasteiger partial charge in [-0.1, -0.05) is 30.3 Å². The van der Waals surface area contributed by atoms with Gasteiger partial charge in [-0.3, -0.25) is 9.36 Å². The largest absolute Gasteiger partial charge is 0.289 e. The Kier molecular flexibility index (Phi) is 3.06. The second-order valence-electron chi connectivity index (χ2n) is 4.80. The van der Waals surface area contributed by atoms with Crippen LogP contribution in [0.5, 0.6) is 0 Å². The Bertz CT molecular complexity index is 809. The van der Waals surface area contributed by atoms with Crippen LogP contribution in [0.15, 0.2) is 53.5 Å². The molecule has 0 radical (unpaired) electrons. The molecule has 4 nitrogen and oxygen atoms in total. The molecule has 0 bridgehead atoms. The van der Waals surface area contributed by atoms with Crippen LogP contribution in [0, 0.1) is 6.92 Å². The molecule has 1 atom stereocenters. The molecule has 3 aromatic rings. The molecule has 4 heteroatoms. The smallest absolute Gasteiger partial charge is 0.263 e. The van der Waals surface area contributed by atoms with Crippen molar-refractivity contribution in [2.75, 3.05) is 0 Å². The zero-order chi connectivity index (χ0) is 14.1. The average molecular weight is 265 g/mol. The Hall–Kier alpha value is -2.49. The van der Waals surface area contributed by atoms with Crippen molar-refractivity contribution in [3.05, 3.63) is 70.4 Å². The summed E-state index contributed by atoms with van der Waals surface area (Å²) in [6, 6.07) is 13.4. The van der Waals surface area contributed by atoms with Crippen molar-refractivity contribution >= 4 is 11.0 Å². The van der Waals surface area contributed by atoms with E-state index in [2.05, 4.69) is 9.97 Å². The highest BCUT2D eigenvalue weighted by molar-refractivity contribution is 5.73. The number of fused-ring (bicyclic) bond motifs is 1. The van der Waals surface area contributed by atoms with Gasteiger partial charge in [0, 0.05) is 6.20 Å². The fourth-order valence-electron chi connectivity index (χ4n) is 2.47. The molecule has 20 heavy (non-hydrogen) atoms. The summed E-state index contributed by atoms with van der Waals surface area (Å²) < 4.78 is 1.72. The Balaban J connectivity index is 2.24. The van der Waals surface area contributed by atoms with E-state index in [-0.39, 0.29) is 11.6 Å². The lowest BCUT2D eigenvalue weighted by Gasteiger charge is -2.18. The van der Waals surface area contributed by atoms with Crippen LogP contribution in [0.2, 0.25) is 0 Å². The molecule has 0 aliphatic heterocycles. The first-order chi connectivity index (χ1) is 9.68. The first-order valence-electron chi connectivity index (χ1n) is 6.57. The predicted molar refractivity (Wildman–Crippen MR) is 78.8 cm³/mol. The van der Waals surface area contributed by atoms with Crippen molar-refractivity contribution in [1.82, 2.24) is 14.5 Å². The molecule has 1 aromatic carbocycles. The summed E-state index contributed by atoms with van der Waals surface area (Å²) in [5, 5.41) is 0.556. The van der Waals surface area contributed by atoms with E-state index in [9.17, 15) is 4.79 Å². The van der Waals surface area contributed by atoms with E-state index >= 15 is 0 Å². The number of pyridine rings is 1. The summed E-state index contributed by atoms with van der Waals surface area (Å²) in [4.78, 5) is 21.2. The third-order valence-corrected chi connectivity index (χ3v) is 3.52. The zero-order valence-electron chi connectivity index (χ0n) is 11.4. The summed E-state index contributed by atoms with van der Waals surface area (Å²) in [6.07, 6.45) is 1.65. The number of hydrogen-bond acceptors (Lipinski definition) is 3. The van der Waals surface area contributed by atoms with Crippen molar-refractivity contribution < 1.29 is 0 Å². The van der Waals surface area contributed by atoms with Gasteiger partial charge in [0.05, 0.1) is 11.4 Å². The number of nitrogens with zero attached hydrogens (tertiary/aromatic N) is 3. The number of aryl methyl sites for hydroxylation is 1. The molecule has 0 fully saturated rings. The van der Waals surface area contributed by atoms with E-state index in [4.69, 9.17) is 0 Å². The van der Waals surface area contributed by atoms with Crippen LogP contribution >= 0.6 is 0 Å². The lowest BCUT2D eigenvalue weighted by Crippen LogP contribution is -2.27. The fraction of sp³-hybridized carbons (Fsp3) is 0.188. The number of aromatic nitrogens is 3. The summed E-state index contributed by atoms with van der Waals surface area (Å²) in [7, 11) is 0. The lowest BCUT2D eigenvalue weighted by molar-refractivity contribution is 0.587. The third kappa shape index (κ3) is 1.99. The molecular formula is C16H15N3O. The number of benzene rings is 1. The SMILES string of the molecule is Cc1nc2ncccc2c(=O)n1C(C)c1ccccc1.